The lowest BCUT2D eigenvalue weighted by atomic mass is 9.66. The van der Waals surface area contributed by atoms with E-state index in [1.165, 1.54) is 16.7 Å². The molecule has 1 aliphatic carbocycles. The lowest BCUT2D eigenvalue weighted by Crippen LogP contribution is -2.41. The molecule has 0 bridgehead atoms. The highest BCUT2D eigenvalue weighted by Gasteiger charge is 2.41. The Balaban J connectivity index is 1.63. The maximum absolute atomic E-state index is 14.5. The Hall–Kier alpha value is -3.64. The van der Waals surface area contributed by atoms with E-state index in [9.17, 15) is 4.79 Å². The van der Waals surface area contributed by atoms with Crippen molar-refractivity contribution in [3.63, 3.8) is 0 Å². The zero-order chi connectivity index (χ0) is 25.4. The Labute approximate surface area is 221 Å². The number of fused-ring (bicyclic) bond motifs is 4. The van der Waals surface area contributed by atoms with E-state index in [1.807, 2.05) is 24.3 Å². The Kier molecular flexibility index (Phi) is 6.21. The molecular weight excluding hydrogens is 476 g/mol. The number of rotatable bonds is 7. The predicted octanol–water partition coefficient (Wildman–Crippen LogP) is 6.51. The van der Waals surface area contributed by atoms with Gasteiger partial charge in [-0.25, -0.2) is 4.40 Å². The molecule has 6 heteroatoms. The van der Waals surface area contributed by atoms with Crippen molar-refractivity contribution >= 4 is 17.5 Å². The molecule has 0 aliphatic heterocycles. The van der Waals surface area contributed by atoms with Crippen LogP contribution in [0.2, 0.25) is 0 Å². The summed E-state index contributed by atoms with van der Waals surface area (Å²) in [6.07, 6.45) is 2.65. The molecule has 0 amide bonds. The van der Waals surface area contributed by atoms with Gasteiger partial charge in [0.15, 0.2) is 5.16 Å². The van der Waals surface area contributed by atoms with Gasteiger partial charge in [0.1, 0.15) is 0 Å². The molecule has 2 aromatic heterocycles. The fraction of sp³-hybridized carbons (Fsp3) is 0.258. The highest BCUT2D eigenvalue weighted by atomic mass is 32.2. The van der Waals surface area contributed by atoms with Crippen LogP contribution in [0.1, 0.15) is 48.9 Å². The highest BCUT2D eigenvalue weighted by Crippen LogP contribution is 2.46. The van der Waals surface area contributed by atoms with Gasteiger partial charge in [-0.3, -0.25) is 4.79 Å². The summed E-state index contributed by atoms with van der Waals surface area (Å²) in [6.45, 7) is 5.04. The fourth-order valence-electron chi connectivity index (χ4n) is 5.76. The molecule has 186 valence electrons. The summed E-state index contributed by atoms with van der Waals surface area (Å²) in [5.41, 5.74) is 6.47. The van der Waals surface area contributed by atoms with Gasteiger partial charge in [-0.2, -0.15) is 0 Å². The van der Waals surface area contributed by atoms with Gasteiger partial charge >= 0.3 is 0 Å². The van der Waals surface area contributed by atoms with Crippen LogP contribution in [-0.2, 0) is 24.1 Å². The smallest absolute Gasteiger partial charge is 0.265 e. The van der Waals surface area contributed by atoms with Crippen molar-refractivity contribution in [2.75, 3.05) is 0 Å². The standard InChI is InChI=1S/C31H30N4OS/c1-3-31(4-2)19-24-17-11-12-18-25(24)27-26(31)28(36)35-29(34(27)20-22-13-7-5-8-14-22)32-33-30(35)37-21-23-15-9-6-10-16-23/h5-18H,3-4,19-21H2,1-2H3. The Bertz CT molecular complexity index is 1620. The van der Waals surface area contributed by atoms with Crippen LogP contribution in [0, 0.1) is 0 Å². The van der Waals surface area contributed by atoms with Crippen LogP contribution in [-0.4, -0.2) is 19.2 Å². The third-order valence-electron chi connectivity index (χ3n) is 7.86. The zero-order valence-corrected chi connectivity index (χ0v) is 22.0. The van der Waals surface area contributed by atoms with Gasteiger partial charge in [0.2, 0.25) is 5.78 Å². The second-order valence-electron chi connectivity index (χ2n) is 9.81. The molecule has 6 rings (SSSR count). The van der Waals surface area contributed by atoms with Gasteiger partial charge < -0.3 is 4.57 Å². The predicted molar refractivity (Wildman–Crippen MR) is 150 cm³/mol. The number of nitrogens with zero attached hydrogens (tertiary/aromatic N) is 4. The van der Waals surface area contributed by atoms with E-state index >= 15 is 0 Å². The maximum Gasteiger partial charge on any atom is 0.265 e. The van der Waals surface area contributed by atoms with Crippen molar-refractivity contribution in [1.82, 2.24) is 19.2 Å². The molecule has 1 aliphatic rings. The summed E-state index contributed by atoms with van der Waals surface area (Å²) in [5, 5.41) is 9.83. The van der Waals surface area contributed by atoms with Crippen molar-refractivity contribution < 1.29 is 0 Å². The highest BCUT2D eigenvalue weighted by molar-refractivity contribution is 7.98. The Morgan fingerprint density at radius 2 is 1.49 bits per heavy atom. The van der Waals surface area contributed by atoms with Crippen LogP contribution < -0.4 is 5.56 Å². The minimum atomic E-state index is -0.237. The van der Waals surface area contributed by atoms with Crippen molar-refractivity contribution in [3.8, 4) is 11.3 Å². The summed E-state index contributed by atoms with van der Waals surface area (Å²) < 4.78 is 3.99. The largest absolute Gasteiger partial charge is 0.305 e. The maximum atomic E-state index is 14.5. The molecule has 0 atom stereocenters. The van der Waals surface area contributed by atoms with Crippen molar-refractivity contribution in [1.29, 1.82) is 0 Å². The van der Waals surface area contributed by atoms with Gasteiger partial charge in [0.05, 0.1) is 12.2 Å². The number of hydrogen-bond donors (Lipinski definition) is 0. The molecule has 2 heterocycles. The van der Waals surface area contributed by atoms with Crippen LogP contribution in [0.5, 0.6) is 0 Å². The van der Waals surface area contributed by atoms with Crippen LogP contribution in [0.4, 0.5) is 0 Å². The first-order chi connectivity index (χ1) is 18.1. The van der Waals surface area contributed by atoms with Crippen LogP contribution in [0.3, 0.4) is 0 Å². The van der Waals surface area contributed by atoms with Crippen LogP contribution in [0.15, 0.2) is 94.9 Å². The minimum Gasteiger partial charge on any atom is -0.305 e. The summed E-state index contributed by atoms with van der Waals surface area (Å²) in [5.74, 6) is 1.33. The van der Waals surface area contributed by atoms with Gasteiger partial charge in [0, 0.05) is 22.3 Å². The first-order valence-corrected chi connectivity index (χ1v) is 13.9. The molecule has 0 spiro atoms. The second kappa shape index (κ2) is 9.67. The summed E-state index contributed by atoms with van der Waals surface area (Å²) in [7, 11) is 0. The van der Waals surface area contributed by atoms with Crippen LogP contribution in [0.25, 0.3) is 17.0 Å². The summed E-state index contributed by atoms with van der Waals surface area (Å²) in [6, 6.07) is 29.2. The fourth-order valence-corrected chi connectivity index (χ4v) is 6.64. The molecule has 5 aromatic rings. The number of aromatic nitrogens is 4. The van der Waals surface area contributed by atoms with Crippen LogP contribution >= 0.6 is 11.8 Å². The lowest BCUT2D eigenvalue weighted by molar-refractivity contribution is 0.380. The van der Waals surface area contributed by atoms with Crippen molar-refractivity contribution in [2.24, 2.45) is 0 Å². The van der Waals surface area contributed by atoms with Gasteiger partial charge in [-0.1, -0.05) is 111 Å². The number of hydrogen-bond acceptors (Lipinski definition) is 4. The van der Waals surface area contributed by atoms with E-state index in [-0.39, 0.29) is 11.0 Å². The van der Waals surface area contributed by atoms with Crippen molar-refractivity contribution in [2.45, 2.75) is 56.0 Å². The van der Waals surface area contributed by atoms with E-state index in [0.717, 1.165) is 41.8 Å². The SMILES string of the molecule is CCC1(CC)Cc2ccccc2-c2c1c(=O)n1c(SCc3ccccc3)nnc1n2Cc1ccccc1. The summed E-state index contributed by atoms with van der Waals surface area (Å²) in [4.78, 5) is 14.5. The van der Waals surface area contributed by atoms with E-state index in [1.54, 1.807) is 16.2 Å². The Morgan fingerprint density at radius 3 is 2.19 bits per heavy atom. The molecule has 3 aromatic carbocycles. The molecule has 0 radical (unpaired) electrons. The van der Waals surface area contributed by atoms with Gasteiger partial charge in [-0.05, 0) is 36.0 Å². The number of benzene rings is 3. The average molecular weight is 507 g/mol. The molecule has 0 unspecified atom stereocenters. The zero-order valence-electron chi connectivity index (χ0n) is 21.2. The van der Waals surface area contributed by atoms with Crippen molar-refractivity contribution in [3.05, 3.63) is 118 Å². The third kappa shape index (κ3) is 4.00. The van der Waals surface area contributed by atoms with E-state index in [0.29, 0.717) is 17.5 Å². The first kappa shape index (κ1) is 23.7. The Morgan fingerprint density at radius 1 is 0.838 bits per heavy atom. The van der Waals surface area contributed by atoms with E-state index in [4.69, 9.17) is 0 Å². The average Bonchev–Trinajstić information content (AvgIpc) is 3.39. The molecular formula is C31H30N4OS. The van der Waals surface area contributed by atoms with E-state index < -0.39 is 0 Å². The second-order valence-corrected chi connectivity index (χ2v) is 10.8. The van der Waals surface area contributed by atoms with Gasteiger partial charge in [0.25, 0.3) is 5.56 Å². The molecule has 5 nitrogen and oxygen atoms in total. The summed E-state index contributed by atoms with van der Waals surface area (Å²) >= 11 is 1.57. The first-order valence-electron chi connectivity index (χ1n) is 13.0. The normalized spacial score (nSPS) is 13.9. The van der Waals surface area contributed by atoms with Gasteiger partial charge in [-0.15, -0.1) is 10.2 Å². The number of thioether (sulfide) groups is 1. The molecule has 0 N–H and O–H groups in total. The molecule has 0 saturated carbocycles. The third-order valence-corrected chi connectivity index (χ3v) is 8.86. The molecule has 0 fully saturated rings. The molecule has 37 heavy (non-hydrogen) atoms. The monoisotopic (exact) mass is 506 g/mol. The topological polar surface area (TPSA) is 52.2 Å². The quantitative estimate of drug-likeness (QED) is 0.236. The lowest BCUT2D eigenvalue weighted by Gasteiger charge is -2.39. The molecule has 0 saturated heterocycles. The minimum absolute atomic E-state index is 0.0214. The van der Waals surface area contributed by atoms with E-state index in [2.05, 4.69) is 89.3 Å².